The second-order valence-electron chi connectivity index (χ2n) is 3.36. The lowest BCUT2D eigenvalue weighted by atomic mass is 10.2. The number of H-pyrrole nitrogens is 1. The Balaban J connectivity index is 2.06. The third kappa shape index (κ3) is 2.12. The summed E-state index contributed by atoms with van der Waals surface area (Å²) < 4.78 is 0. The Morgan fingerprint density at radius 2 is 2.07 bits per heavy atom. The number of aromatic nitrogens is 4. The van der Waals surface area contributed by atoms with Gasteiger partial charge in [-0.15, -0.1) is 0 Å². The van der Waals surface area contributed by atoms with Gasteiger partial charge in [0.15, 0.2) is 0 Å². The Hall–Kier alpha value is -1.91. The van der Waals surface area contributed by atoms with E-state index in [1.54, 1.807) is 12.4 Å². The first-order valence-electron chi connectivity index (χ1n) is 4.77. The quantitative estimate of drug-likeness (QED) is 0.791. The Kier molecular flexibility index (Phi) is 2.62. The molecule has 15 heavy (non-hydrogen) atoms. The molecule has 0 radical (unpaired) electrons. The van der Waals surface area contributed by atoms with Crippen molar-refractivity contribution in [3.05, 3.63) is 35.5 Å². The lowest BCUT2D eigenvalue weighted by Gasteiger charge is -2.06. The molecule has 0 saturated carbocycles. The van der Waals surface area contributed by atoms with E-state index >= 15 is 0 Å². The molecule has 0 amide bonds. The van der Waals surface area contributed by atoms with Crippen LogP contribution in [0.4, 0.5) is 5.82 Å². The molecule has 0 spiro atoms. The highest BCUT2D eigenvalue weighted by Gasteiger charge is 2.02. The van der Waals surface area contributed by atoms with Crippen LogP contribution in [0.25, 0.3) is 0 Å². The van der Waals surface area contributed by atoms with Gasteiger partial charge in [-0.25, -0.2) is 4.98 Å². The largest absolute Gasteiger partial charge is 0.364 e. The van der Waals surface area contributed by atoms with Crippen molar-refractivity contribution in [2.45, 2.75) is 20.4 Å². The van der Waals surface area contributed by atoms with E-state index in [-0.39, 0.29) is 0 Å². The average molecular weight is 203 g/mol. The standard InChI is InChI=1S/C10H13N5/c1-7-9(6-14-15-7)5-13-10-8(2)11-3-4-12-10/h3-4,6H,5H2,1-2H3,(H,12,13)(H,14,15). The molecule has 0 saturated heterocycles. The van der Waals surface area contributed by atoms with E-state index in [1.165, 1.54) is 0 Å². The van der Waals surface area contributed by atoms with E-state index < -0.39 is 0 Å². The first-order chi connectivity index (χ1) is 7.27. The maximum Gasteiger partial charge on any atom is 0.147 e. The number of nitrogens with one attached hydrogen (secondary N) is 2. The zero-order chi connectivity index (χ0) is 10.7. The lowest BCUT2D eigenvalue weighted by molar-refractivity contribution is 1.03. The lowest BCUT2D eigenvalue weighted by Crippen LogP contribution is -2.04. The fraction of sp³-hybridized carbons (Fsp3) is 0.300. The Bertz CT molecular complexity index is 449. The molecule has 0 bridgehead atoms. The smallest absolute Gasteiger partial charge is 0.147 e. The van der Waals surface area contributed by atoms with Gasteiger partial charge in [0.25, 0.3) is 0 Å². The summed E-state index contributed by atoms with van der Waals surface area (Å²) >= 11 is 0. The summed E-state index contributed by atoms with van der Waals surface area (Å²) in [6.07, 6.45) is 5.18. The first kappa shape index (κ1) is 9.64. The third-order valence-electron chi connectivity index (χ3n) is 2.26. The van der Waals surface area contributed by atoms with E-state index in [4.69, 9.17) is 0 Å². The van der Waals surface area contributed by atoms with Crippen molar-refractivity contribution < 1.29 is 0 Å². The fourth-order valence-electron chi connectivity index (χ4n) is 1.31. The van der Waals surface area contributed by atoms with Crippen LogP contribution in [0.15, 0.2) is 18.6 Å². The minimum atomic E-state index is 0.710. The average Bonchev–Trinajstić information content (AvgIpc) is 2.63. The minimum absolute atomic E-state index is 0.710. The molecule has 0 aliphatic carbocycles. The first-order valence-corrected chi connectivity index (χ1v) is 4.77. The number of hydrogen-bond acceptors (Lipinski definition) is 4. The van der Waals surface area contributed by atoms with Crippen LogP contribution in [0.5, 0.6) is 0 Å². The predicted octanol–water partition coefficient (Wildman–Crippen LogP) is 1.43. The second-order valence-corrected chi connectivity index (χ2v) is 3.36. The SMILES string of the molecule is Cc1nccnc1NCc1cn[nH]c1C. The maximum atomic E-state index is 4.20. The maximum absolute atomic E-state index is 4.20. The van der Waals surface area contributed by atoms with Gasteiger partial charge < -0.3 is 5.32 Å². The highest BCUT2D eigenvalue weighted by atomic mass is 15.1. The molecule has 2 heterocycles. The van der Waals surface area contributed by atoms with Gasteiger partial charge in [0.2, 0.25) is 0 Å². The number of nitrogens with zero attached hydrogens (tertiary/aromatic N) is 3. The fourth-order valence-corrected chi connectivity index (χ4v) is 1.31. The van der Waals surface area contributed by atoms with Gasteiger partial charge in [0, 0.05) is 30.2 Å². The monoisotopic (exact) mass is 203 g/mol. The van der Waals surface area contributed by atoms with Crippen LogP contribution in [0.3, 0.4) is 0 Å². The highest BCUT2D eigenvalue weighted by molar-refractivity contribution is 5.39. The predicted molar refractivity (Wildman–Crippen MR) is 57.4 cm³/mol. The van der Waals surface area contributed by atoms with Crippen LogP contribution in [0.2, 0.25) is 0 Å². The summed E-state index contributed by atoms with van der Waals surface area (Å²) in [4.78, 5) is 8.36. The van der Waals surface area contributed by atoms with Crippen LogP contribution in [-0.2, 0) is 6.54 Å². The molecule has 78 valence electrons. The van der Waals surface area contributed by atoms with Crippen LogP contribution in [0.1, 0.15) is 17.0 Å². The number of rotatable bonds is 3. The normalized spacial score (nSPS) is 10.3. The van der Waals surface area contributed by atoms with E-state index in [1.807, 2.05) is 20.0 Å². The van der Waals surface area contributed by atoms with Gasteiger partial charge in [-0.3, -0.25) is 10.1 Å². The number of hydrogen-bond donors (Lipinski definition) is 2. The van der Waals surface area contributed by atoms with Crippen molar-refractivity contribution in [3.8, 4) is 0 Å². The van der Waals surface area contributed by atoms with E-state index in [9.17, 15) is 0 Å². The third-order valence-corrected chi connectivity index (χ3v) is 2.26. The molecule has 2 aromatic heterocycles. The van der Waals surface area contributed by atoms with E-state index in [0.717, 1.165) is 22.8 Å². The van der Waals surface area contributed by atoms with Crippen molar-refractivity contribution >= 4 is 5.82 Å². The number of aryl methyl sites for hydroxylation is 2. The molecular formula is C10H13N5. The van der Waals surface area contributed by atoms with Gasteiger partial charge in [-0.05, 0) is 13.8 Å². The van der Waals surface area contributed by atoms with Crippen LogP contribution in [-0.4, -0.2) is 20.2 Å². The van der Waals surface area contributed by atoms with Gasteiger partial charge in [0.1, 0.15) is 5.82 Å². The van der Waals surface area contributed by atoms with Crippen molar-refractivity contribution in [1.82, 2.24) is 20.2 Å². The summed E-state index contributed by atoms with van der Waals surface area (Å²) in [6.45, 7) is 4.63. The van der Waals surface area contributed by atoms with Gasteiger partial charge in [0.05, 0.1) is 11.9 Å². The van der Waals surface area contributed by atoms with Gasteiger partial charge >= 0.3 is 0 Å². The Morgan fingerprint density at radius 3 is 2.73 bits per heavy atom. The summed E-state index contributed by atoms with van der Waals surface area (Å²) in [5.41, 5.74) is 3.11. The topological polar surface area (TPSA) is 66.5 Å². The van der Waals surface area contributed by atoms with Crippen molar-refractivity contribution in [1.29, 1.82) is 0 Å². The van der Waals surface area contributed by atoms with Gasteiger partial charge in [-0.2, -0.15) is 5.10 Å². The molecule has 0 atom stereocenters. The van der Waals surface area contributed by atoms with Gasteiger partial charge in [-0.1, -0.05) is 0 Å². The van der Waals surface area contributed by atoms with Crippen molar-refractivity contribution in [2.75, 3.05) is 5.32 Å². The number of anilines is 1. The summed E-state index contributed by atoms with van der Waals surface area (Å²) in [5.74, 6) is 0.818. The van der Waals surface area contributed by atoms with Crippen molar-refractivity contribution in [3.63, 3.8) is 0 Å². The Labute approximate surface area is 88.0 Å². The molecule has 0 aliphatic heterocycles. The van der Waals surface area contributed by atoms with Crippen LogP contribution in [0, 0.1) is 13.8 Å². The molecule has 5 nitrogen and oxygen atoms in total. The number of aromatic amines is 1. The molecule has 2 rings (SSSR count). The molecule has 0 aliphatic rings. The summed E-state index contributed by atoms with van der Waals surface area (Å²) in [6, 6.07) is 0. The summed E-state index contributed by atoms with van der Waals surface area (Å²) in [5, 5.41) is 10.1. The minimum Gasteiger partial charge on any atom is -0.364 e. The van der Waals surface area contributed by atoms with Crippen LogP contribution < -0.4 is 5.32 Å². The second kappa shape index (κ2) is 4.08. The Morgan fingerprint density at radius 1 is 1.27 bits per heavy atom. The highest BCUT2D eigenvalue weighted by Crippen LogP contribution is 2.09. The molecule has 5 heteroatoms. The molecule has 2 aromatic rings. The summed E-state index contributed by atoms with van der Waals surface area (Å²) in [7, 11) is 0. The van der Waals surface area contributed by atoms with E-state index in [0.29, 0.717) is 6.54 Å². The zero-order valence-corrected chi connectivity index (χ0v) is 8.78. The van der Waals surface area contributed by atoms with Crippen LogP contribution >= 0.6 is 0 Å². The molecule has 0 fully saturated rings. The molecule has 2 N–H and O–H groups in total. The molecule has 0 aromatic carbocycles. The van der Waals surface area contributed by atoms with E-state index in [2.05, 4.69) is 25.5 Å². The molecule has 0 unspecified atom stereocenters. The van der Waals surface area contributed by atoms with Crippen molar-refractivity contribution in [2.24, 2.45) is 0 Å². The zero-order valence-electron chi connectivity index (χ0n) is 8.78. The molecular weight excluding hydrogens is 190 g/mol.